The number of hydrogen-bond donors (Lipinski definition) is 0. The molecule has 0 spiro atoms. The topological polar surface area (TPSA) is 35.6 Å². The van der Waals surface area contributed by atoms with Gasteiger partial charge < -0.3 is 9.13 Å². The van der Waals surface area contributed by atoms with Gasteiger partial charge >= 0.3 is 0 Å². The summed E-state index contributed by atoms with van der Waals surface area (Å²) in [5.74, 6) is 0.698. The maximum Gasteiger partial charge on any atom is 0.161 e. The zero-order chi connectivity index (χ0) is 38.2. The molecule has 3 aromatic heterocycles. The lowest BCUT2D eigenvalue weighted by atomic mass is 9.99. The van der Waals surface area contributed by atoms with Crippen molar-refractivity contribution in [3.8, 4) is 45.3 Å². The molecule has 3 heterocycles. The Kier molecular flexibility index (Phi) is 7.20. The first-order valence-electron chi connectivity index (χ1n) is 19.8. The molecule has 4 nitrogen and oxygen atoms in total. The van der Waals surface area contributed by atoms with Crippen LogP contribution in [0.4, 0.5) is 0 Å². The van der Waals surface area contributed by atoms with Gasteiger partial charge in [-0.2, -0.15) is 0 Å². The lowest BCUT2D eigenvalue weighted by Gasteiger charge is -2.16. The smallest absolute Gasteiger partial charge is 0.161 e. The van der Waals surface area contributed by atoms with Gasteiger partial charge in [0.15, 0.2) is 5.82 Å². The second kappa shape index (κ2) is 12.9. The molecular formula is C54H34N4. The van der Waals surface area contributed by atoms with E-state index in [2.05, 4.69) is 209 Å². The summed E-state index contributed by atoms with van der Waals surface area (Å²) >= 11 is 0. The molecule has 0 aliphatic rings. The highest BCUT2D eigenvalue weighted by Gasteiger charge is 2.21. The highest BCUT2D eigenvalue weighted by Crippen LogP contribution is 2.42. The first-order valence-corrected chi connectivity index (χ1v) is 19.8. The number of rotatable bonds is 5. The molecule has 0 fully saturated rings. The average Bonchev–Trinajstić information content (AvgIpc) is 3.80. The third-order valence-electron chi connectivity index (χ3n) is 11.7. The zero-order valence-corrected chi connectivity index (χ0v) is 31.4. The van der Waals surface area contributed by atoms with Gasteiger partial charge in [-0.3, -0.25) is 0 Å². The van der Waals surface area contributed by atoms with E-state index < -0.39 is 0 Å². The van der Waals surface area contributed by atoms with Crippen molar-refractivity contribution in [1.82, 2.24) is 19.1 Å². The molecule has 0 aliphatic heterocycles. The van der Waals surface area contributed by atoms with E-state index >= 15 is 0 Å². The van der Waals surface area contributed by atoms with Gasteiger partial charge in [-0.05, 0) is 70.8 Å². The molecule has 0 saturated carbocycles. The third-order valence-corrected chi connectivity index (χ3v) is 11.7. The molecule has 270 valence electrons. The number of nitrogens with zero attached hydrogens (tertiary/aromatic N) is 4. The minimum Gasteiger partial charge on any atom is -0.309 e. The number of aromatic nitrogens is 4. The van der Waals surface area contributed by atoms with Crippen molar-refractivity contribution in [2.24, 2.45) is 0 Å². The highest BCUT2D eigenvalue weighted by atomic mass is 15.0. The van der Waals surface area contributed by atoms with Crippen molar-refractivity contribution in [3.63, 3.8) is 0 Å². The summed E-state index contributed by atoms with van der Waals surface area (Å²) in [6.45, 7) is 0. The Morgan fingerprint density at radius 1 is 0.310 bits per heavy atom. The predicted octanol–water partition coefficient (Wildman–Crippen LogP) is 14.0. The van der Waals surface area contributed by atoms with Crippen LogP contribution in [-0.2, 0) is 0 Å². The molecule has 0 amide bonds. The monoisotopic (exact) mass is 738 g/mol. The van der Waals surface area contributed by atoms with Crippen molar-refractivity contribution >= 4 is 65.2 Å². The maximum absolute atomic E-state index is 5.36. The average molecular weight is 739 g/mol. The van der Waals surface area contributed by atoms with Crippen molar-refractivity contribution in [1.29, 1.82) is 0 Å². The van der Waals surface area contributed by atoms with Crippen molar-refractivity contribution in [2.45, 2.75) is 0 Å². The van der Waals surface area contributed by atoms with Crippen LogP contribution in [0.1, 0.15) is 0 Å². The first kappa shape index (κ1) is 32.4. The van der Waals surface area contributed by atoms with Crippen molar-refractivity contribution < 1.29 is 0 Å². The molecule has 12 rings (SSSR count). The summed E-state index contributed by atoms with van der Waals surface area (Å²) in [5.41, 5.74) is 11.9. The molecule has 0 radical (unpaired) electrons. The van der Waals surface area contributed by atoms with E-state index in [-0.39, 0.29) is 0 Å². The highest BCUT2D eigenvalue weighted by molar-refractivity contribution is 6.20. The molecule has 4 heteroatoms. The van der Waals surface area contributed by atoms with Crippen LogP contribution in [0.5, 0.6) is 0 Å². The third kappa shape index (κ3) is 4.95. The van der Waals surface area contributed by atoms with Crippen LogP contribution in [0.25, 0.3) is 110 Å². The van der Waals surface area contributed by atoms with Gasteiger partial charge in [-0.15, -0.1) is 0 Å². The Balaban J connectivity index is 1.12. The van der Waals surface area contributed by atoms with Crippen LogP contribution < -0.4 is 0 Å². The molecule has 0 bridgehead atoms. The minimum atomic E-state index is 0.698. The van der Waals surface area contributed by atoms with Crippen LogP contribution >= 0.6 is 0 Å². The second-order valence-electron chi connectivity index (χ2n) is 15.0. The van der Waals surface area contributed by atoms with Gasteiger partial charge in [0.05, 0.1) is 39.1 Å². The van der Waals surface area contributed by atoms with Gasteiger partial charge in [0.2, 0.25) is 0 Å². The second-order valence-corrected chi connectivity index (χ2v) is 15.0. The summed E-state index contributed by atoms with van der Waals surface area (Å²) in [5, 5.41) is 9.52. The minimum absolute atomic E-state index is 0.698. The van der Waals surface area contributed by atoms with Crippen LogP contribution in [-0.4, -0.2) is 19.1 Å². The standard InChI is InChI=1S/C54H34N4/c1-3-17-36(18-4-1)47-33-48(40-27-15-19-35-16-7-8-22-38(35)40)56-54(55-47)44-30-31-51(41-24-10-9-23-39(41)44)58-50-29-14-12-26-43(50)46-32-45-42-25-11-13-28-49(42)57(52(45)34-53(46)58)37-20-5-2-6-21-37/h1-34H. The van der Waals surface area contributed by atoms with Gasteiger partial charge in [-0.25, -0.2) is 9.97 Å². The fourth-order valence-corrected chi connectivity index (χ4v) is 9.13. The zero-order valence-electron chi connectivity index (χ0n) is 31.4. The van der Waals surface area contributed by atoms with Crippen molar-refractivity contribution in [3.05, 3.63) is 206 Å². The Labute approximate surface area is 334 Å². The summed E-state index contributed by atoms with van der Waals surface area (Å²) in [7, 11) is 0. The number of para-hydroxylation sites is 3. The van der Waals surface area contributed by atoms with E-state index in [0.29, 0.717) is 5.82 Å². The molecule has 0 N–H and O–H groups in total. The first-order chi connectivity index (χ1) is 28.8. The lowest BCUT2D eigenvalue weighted by Crippen LogP contribution is -2.00. The van der Waals surface area contributed by atoms with Crippen molar-refractivity contribution in [2.75, 3.05) is 0 Å². The number of fused-ring (bicyclic) bond motifs is 8. The van der Waals surface area contributed by atoms with E-state index in [0.717, 1.165) is 55.7 Å². The number of hydrogen-bond acceptors (Lipinski definition) is 2. The van der Waals surface area contributed by atoms with Gasteiger partial charge in [-0.1, -0.05) is 152 Å². The van der Waals surface area contributed by atoms with E-state index in [1.807, 2.05) is 6.07 Å². The SMILES string of the molecule is c1ccc(-c2cc(-c3cccc4ccccc34)nc(-c3ccc(-n4c5ccccc5c5cc6c7ccccc7n(-c7ccccc7)c6cc54)c4ccccc34)n2)cc1. The summed E-state index contributed by atoms with van der Waals surface area (Å²) in [4.78, 5) is 10.7. The molecular weight excluding hydrogens is 705 g/mol. The van der Waals surface area contributed by atoms with Crippen LogP contribution in [0.3, 0.4) is 0 Å². The Morgan fingerprint density at radius 3 is 1.64 bits per heavy atom. The molecule has 9 aromatic carbocycles. The van der Waals surface area contributed by atoms with Crippen LogP contribution in [0, 0.1) is 0 Å². The summed E-state index contributed by atoms with van der Waals surface area (Å²) in [6, 6.07) is 73.7. The Hall–Kier alpha value is -7.82. The fourth-order valence-electron chi connectivity index (χ4n) is 9.13. The van der Waals surface area contributed by atoms with Crippen LogP contribution in [0.2, 0.25) is 0 Å². The molecule has 0 aliphatic carbocycles. The van der Waals surface area contributed by atoms with E-state index in [4.69, 9.17) is 9.97 Å². The molecule has 12 aromatic rings. The fraction of sp³-hybridized carbons (Fsp3) is 0. The molecule has 0 atom stereocenters. The summed E-state index contributed by atoms with van der Waals surface area (Å²) < 4.78 is 4.85. The summed E-state index contributed by atoms with van der Waals surface area (Å²) in [6.07, 6.45) is 0. The maximum atomic E-state index is 5.36. The molecule has 0 unspecified atom stereocenters. The quantitative estimate of drug-likeness (QED) is 0.176. The lowest BCUT2D eigenvalue weighted by molar-refractivity contribution is 1.17. The van der Waals surface area contributed by atoms with Gasteiger partial charge in [0.25, 0.3) is 0 Å². The van der Waals surface area contributed by atoms with E-state index in [9.17, 15) is 0 Å². The van der Waals surface area contributed by atoms with E-state index in [1.165, 1.54) is 48.9 Å². The Morgan fingerprint density at radius 2 is 0.879 bits per heavy atom. The molecule has 58 heavy (non-hydrogen) atoms. The normalized spacial score (nSPS) is 11.8. The van der Waals surface area contributed by atoms with Gasteiger partial charge in [0, 0.05) is 49.3 Å². The van der Waals surface area contributed by atoms with E-state index in [1.54, 1.807) is 0 Å². The largest absolute Gasteiger partial charge is 0.309 e. The number of benzene rings is 9. The van der Waals surface area contributed by atoms with Crippen LogP contribution in [0.15, 0.2) is 206 Å². The predicted molar refractivity (Wildman–Crippen MR) is 242 cm³/mol. The Bertz CT molecular complexity index is 3560. The van der Waals surface area contributed by atoms with Gasteiger partial charge in [0.1, 0.15) is 0 Å². The molecule has 0 saturated heterocycles.